The van der Waals surface area contributed by atoms with Crippen molar-refractivity contribution in [3.8, 4) is 0 Å². The van der Waals surface area contributed by atoms with E-state index in [2.05, 4.69) is 19.2 Å². The summed E-state index contributed by atoms with van der Waals surface area (Å²) in [5, 5.41) is 3.08. The normalized spacial score (nSPS) is 38.6. The van der Waals surface area contributed by atoms with Crippen LogP contribution in [0.3, 0.4) is 0 Å². The van der Waals surface area contributed by atoms with Gasteiger partial charge in [0.25, 0.3) is 0 Å². The quantitative estimate of drug-likeness (QED) is 0.637. The molecule has 0 aliphatic carbocycles. The molecule has 1 aliphatic rings. The summed E-state index contributed by atoms with van der Waals surface area (Å²) in [5.41, 5.74) is 0. The fourth-order valence-electron chi connectivity index (χ4n) is 0.652. The smallest absolute Gasteiger partial charge is 0.370 e. The fourth-order valence-corrected chi connectivity index (χ4v) is 0.652. The maximum atomic E-state index is 3.74. The van der Waals surface area contributed by atoms with E-state index < -0.39 is 0 Å². The van der Waals surface area contributed by atoms with Gasteiger partial charge in [-0.1, -0.05) is 6.42 Å². The average molecular weight is 321 g/mol. The summed E-state index contributed by atoms with van der Waals surface area (Å²) in [6.07, 6.45) is 1.14. The van der Waals surface area contributed by atoms with Gasteiger partial charge in [0.05, 0.1) is 0 Å². The van der Waals surface area contributed by atoms with Crippen LogP contribution in [0.15, 0.2) is 0 Å². The van der Waals surface area contributed by atoms with E-state index in [0.717, 1.165) is 6.42 Å². The molecule has 0 amide bonds. The maximum absolute atomic E-state index is 3.74. The molecule has 0 aromatic carbocycles. The van der Waals surface area contributed by atoms with Crippen LogP contribution in [0.25, 0.3) is 0 Å². The summed E-state index contributed by atoms with van der Waals surface area (Å²) in [6, 6.07) is 0.958. The summed E-state index contributed by atoms with van der Waals surface area (Å²) in [5.74, 6) is 0. The average Bonchev–Trinajstić information content (AvgIpc) is 1.33. The van der Waals surface area contributed by atoms with Gasteiger partial charge in [-0.05, 0) is 0 Å². The van der Waals surface area contributed by atoms with Gasteiger partial charge in [0.1, 0.15) is 0 Å². The first kappa shape index (κ1) is 8.01. The number of hydrogen-bond acceptors (Lipinski definition) is 1. The molecule has 2 atom stereocenters. The standard InChI is InChI=1S/C5H9N.U/c1-4-3-5(2)6-4;/h4-6H,1-3H2;/q-2;+2. The molecule has 1 rings (SSSR count). The third kappa shape index (κ3) is 2.17. The molecule has 1 fully saturated rings. The van der Waals surface area contributed by atoms with Gasteiger partial charge in [0.2, 0.25) is 0 Å². The summed E-state index contributed by atoms with van der Waals surface area (Å²) < 4.78 is 0. The molecule has 0 bridgehead atoms. The van der Waals surface area contributed by atoms with Crippen LogP contribution in [-0.2, 0) is 0 Å². The molecule has 7 heavy (non-hydrogen) atoms. The zero-order valence-corrected chi connectivity index (χ0v) is 8.44. The van der Waals surface area contributed by atoms with E-state index in [4.69, 9.17) is 0 Å². The molecule has 1 aliphatic heterocycles. The minimum absolute atomic E-state index is 0. The number of nitrogens with one attached hydrogen (secondary N) is 1. The van der Waals surface area contributed by atoms with Crippen LogP contribution in [0.2, 0.25) is 0 Å². The second-order valence-electron chi connectivity index (χ2n) is 1.80. The predicted molar refractivity (Wildman–Crippen MR) is 26.0 cm³/mol. The van der Waals surface area contributed by atoms with Crippen LogP contribution in [0.4, 0.5) is 0 Å². The third-order valence-corrected chi connectivity index (χ3v) is 1.04. The molecule has 0 saturated carbocycles. The molecule has 2 unspecified atom stereocenters. The van der Waals surface area contributed by atoms with Gasteiger partial charge in [-0.25, -0.2) is 0 Å². The van der Waals surface area contributed by atoms with Crippen molar-refractivity contribution in [2.24, 2.45) is 0 Å². The van der Waals surface area contributed by atoms with Gasteiger partial charge >= 0.3 is 31.1 Å². The van der Waals surface area contributed by atoms with Crippen LogP contribution >= 0.6 is 0 Å². The van der Waals surface area contributed by atoms with Crippen molar-refractivity contribution in [1.29, 1.82) is 0 Å². The Kier molecular flexibility index (Phi) is 3.57. The molecule has 0 aromatic heterocycles. The SMILES string of the molecule is [CH2-]C1CC([CH2-])N1.[U+2]. The van der Waals surface area contributed by atoms with E-state index in [1.54, 1.807) is 0 Å². The Hall–Kier alpha value is 1.01. The summed E-state index contributed by atoms with van der Waals surface area (Å²) in [7, 11) is 0. The van der Waals surface area contributed by atoms with Crippen molar-refractivity contribution in [1.82, 2.24) is 5.32 Å². The van der Waals surface area contributed by atoms with E-state index in [0.29, 0.717) is 12.1 Å². The van der Waals surface area contributed by atoms with E-state index in [1.165, 1.54) is 0 Å². The van der Waals surface area contributed by atoms with Crippen molar-refractivity contribution in [2.75, 3.05) is 0 Å². The molecule has 0 aromatic rings. The van der Waals surface area contributed by atoms with Gasteiger partial charge in [0.15, 0.2) is 0 Å². The van der Waals surface area contributed by atoms with Crippen molar-refractivity contribution in [3.05, 3.63) is 13.8 Å². The first-order chi connectivity index (χ1) is 2.79. The Morgan fingerprint density at radius 1 is 1.29 bits per heavy atom. The molecule has 1 saturated heterocycles. The molecule has 2 heteroatoms. The maximum Gasteiger partial charge on any atom is 2.00 e. The molecule has 0 spiro atoms. The molecular formula is C5H9NU. The molecule has 38 valence electrons. The van der Waals surface area contributed by atoms with Gasteiger partial charge in [-0.15, -0.1) is 12.1 Å². The topological polar surface area (TPSA) is 12.0 Å². The molecule has 0 radical (unpaired) electrons. The Balaban J connectivity index is 0.000000360. The molecule has 1 nitrogen and oxygen atoms in total. The van der Waals surface area contributed by atoms with Crippen molar-refractivity contribution >= 4 is 0 Å². The van der Waals surface area contributed by atoms with E-state index in [1.807, 2.05) is 0 Å². The van der Waals surface area contributed by atoms with E-state index in [9.17, 15) is 0 Å². The zero-order chi connectivity index (χ0) is 4.57. The second-order valence-corrected chi connectivity index (χ2v) is 1.80. The Labute approximate surface area is 68.6 Å². The fraction of sp³-hybridized carbons (Fsp3) is 0.600. The summed E-state index contributed by atoms with van der Waals surface area (Å²) in [4.78, 5) is 0. The van der Waals surface area contributed by atoms with E-state index in [-0.39, 0.29) is 31.1 Å². The minimum atomic E-state index is 0. The first-order valence-electron chi connectivity index (χ1n) is 2.21. The monoisotopic (exact) mass is 321 g/mol. The molecular weight excluding hydrogens is 312 g/mol. The summed E-state index contributed by atoms with van der Waals surface area (Å²) in [6.45, 7) is 7.49. The van der Waals surface area contributed by atoms with Crippen LogP contribution in [0.1, 0.15) is 6.42 Å². The number of rotatable bonds is 0. The first-order valence-corrected chi connectivity index (χ1v) is 2.21. The van der Waals surface area contributed by atoms with Gasteiger partial charge in [-0.2, -0.15) is 0 Å². The van der Waals surface area contributed by atoms with Crippen LogP contribution in [-0.4, -0.2) is 12.1 Å². The van der Waals surface area contributed by atoms with Crippen molar-refractivity contribution in [2.45, 2.75) is 18.5 Å². The Bertz CT molecular complexity index is 44.0. The third-order valence-electron chi connectivity index (χ3n) is 1.04. The summed E-state index contributed by atoms with van der Waals surface area (Å²) >= 11 is 0. The van der Waals surface area contributed by atoms with Gasteiger partial charge in [-0.3, -0.25) is 0 Å². The largest absolute Gasteiger partial charge is 2.00 e. The van der Waals surface area contributed by atoms with Crippen LogP contribution < -0.4 is 5.32 Å². The molecule has 1 heterocycles. The predicted octanol–water partition coefficient (Wildman–Crippen LogP) is 0.385. The van der Waals surface area contributed by atoms with Gasteiger partial charge < -0.3 is 19.2 Å². The van der Waals surface area contributed by atoms with Crippen molar-refractivity contribution < 1.29 is 31.1 Å². The van der Waals surface area contributed by atoms with Crippen LogP contribution in [0.5, 0.6) is 0 Å². The van der Waals surface area contributed by atoms with Crippen LogP contribution in [0, 0.1) is 45.0 Å². The van der Waals surface area contributed by atoms with Gasteiger partial charge in [0, 0.05) is 0 Å². The number of hydrogen-bond donors (Lipinski definition) is 1. The van der Waals surface area contributed by atoms with E-state index >= 15 is 0 Å². The zero-order valence-electron chi connectivity index (χ0n) is 4.28. The Morgan fingerprint density at radius 2 is 1.57 bits per heavy atom. The minimum Gasteiger partial charge on any atom is -0.370 e. The second kappa shape index (κ2) is 3.12. The Morgan fingerprint density at radius 3 is 1.57 bits per heavy atom. The van der Waals surface area contributed by atoms with Crippen molar-refractivity contribution in [3.63, 3.8) is 0 Å². The molecule has 1 N–H and O–H groups in total.